The minimum atomic E-state index is -0.911. The number of aliphatic hydroxyl groups excluding tert-OH is 1. The lowest BCUT2D eigenvalue weighted by Gasteiger charge is -2.27. The number of hydrogen-bond acceptors (Lipinski definition) is 3. The highest BCUT2D eigenvalue weighted by atomic mass is 19.1. The van der Waals surface area contributed by atoms with E-state index in [1.807, 2.05) is 0 Å². The van der Waals surface area contributed by atoms with E-state index in [0.29, 0.717) is 11.5 Å². The van der Waals surface area contributed by atoms with Gasteiger partial charge < -0.3 is 15.7 Å². The molecule has 2 aromatic carbocycles. The lowest BCUT2D eigenvalue weighted by Crippen LogP contribution is -2.49. The van der Waals surface area contributed by atoms with Crippen molar-refractivity contribution in [2.24, 2.45) is 0 Å². The minimum absolute atomic E-state index is 0.132. The van der Waals surface area contributed by atoms with Gasteiger partial charge in [0.05, 0.1) is 12.1 Å². The standard InChI is InChI=1S/C24H30F2N2O2/c1-15(2)18-5-4-6-19(12-18)24(7-8-24)27-14-23(30)22(28-16(3)29)11-17-9-20(25)13-21(26)10-17/h4-6,9-10,12-13,15,22-23,27,30H,7-8,11,14H2,1-3H3,(H,28,29)/t22?,23-/m1/s1. The molecule has 3 N–H and O–H groups in total. The third-order valence-electron chi connectivity index (χ3n) is 5.74. The third kappa shape index (κ3) is 5.64. The Morgan fingerprint density at radius 3 is 2.37 bits per heavy atom. The monoisotopic (exact) mass is 416 g/mol. The third-order valence-corrected chi connectivity index (χ3v) is 5.74. The lowest BCUT2D eigenvalue weighted by atomic mass is 9.96. The van der Waals surface area contributed by atoms with Crippen LogP contribution in [-0.2, 0) is 16.8 Å². The van der Waals surface area contributed by atoms with Crippen LogP contribution in [0.3, 0.4) is 0 Å². The second-order valence-electron chi connectivity index (χ2n) is 8.60. The molecular weight excluding hydrogens is 386 g/mol. The SMILES string of the molecule is CC(=O)NC(Cc1cc(F)cc(F)c1)[C@H](O)CNC1(c2cccc(C(C)C)c2)CC1. The van der Waals surface area contributed by atoms with Crippen molar-refractivity contribution in [1.29, 1.82) is 0 Å². The van der Waals surface area contributed by atoms with Gasteiger partial charge in [-0.05, 0) is 54.0 Å². The lowest BCUT2D eigenvalue weighted by molar-refractivity contribution is -0.120. The maximum Gasteiger partial charge on any atom is 0.217 e. The van der Waals surface area contributed by atoms with Gasteiger partial charge >= 0.3 is 0 Å². The summed E-state index contributed by atoms with van der Waals surface area (Å²) in [6.07, 6.45) is 1.17. The number of amides is 1. The molecule has 0 radical (unpaired) electrons. The van der Waals surface area contributed by atoms with Gasteiger partial charge in [0.2, 0.25) is 5.91 Å². The number of rotatable bonds is 9. The van der Waals surface area contributed by atoms with E-state index in [1.165, 1.54) is 30.2 Å². The van der Waals surface area contributed by atoms with Gasteiger partial charge in [-0.15, -0.1) is 0 Å². The van der Waals surface area contributed by atoms with Crippen molar-refractivity contribution in [2.75, 3.05) is 6.54 Å². The van der Waals surface area contributed by atoms with E-state index in [2.05, 4.69) is 48.7 Å². The molecule has 1 amide bonds. The molecule has 0 heterocycles. The predicted molar refractivity (Wildman–Crippen MR) is 113 cm³/mol. The second kappa shape index (κ2) is 9.23. The molecule has 0 spiro atoms. The van der Waals surface area contributed by atoms with Crippen LogP contribution >= 0.6 is 0 Å². The number of aliphatic hydroxyl groups is 1. The first kappa shape index (κ1) is 22.4. The summed E-state index contributed by atoms with van der Waals surface area (Å²) in [6.45, 7) is 5.93. The number of carbonyl (C=O) groups is 1. The van der Waals surface area contributed by atoms with Gasteiger partial charge in [-0.3, -0.25) is 4.79 Å². The van der Waals surface area contributed by atoms with Gasteiger partial charge in [0.25, 0.3) is 0 Å². The summed E-state index contributed by atoms with van der Waals surface area (Å²) in [4.78, 5) is 11.6. The zero-order chi connectivity index (χ0) is 21.9. The van der Waals surface area contributed by atoms with Crippen molar-refractivity contribution < 1.29 is 18.7 Å². The molecule has 1 unspecified atom stereocenters. The van der Waals surface area contributed by atoms with Crippen molar-refractivity contribution in [3.63, 3.8) is 0 Å². The molecule has 1 aliphatic rings. The molecule has 1 aliphatic carbocycles. The number of carbonyl (C=O) groups excluding carboxylic acids is 1. The van der Waals surface area contributed by atoms with Gasteiger partial charge in [0.15, 0.2) is 0 Å². The zero-order valence-electron chi connectivity index (χ0n) is 17.7. The van der Waals surface area contributed by atoms with E-state index >= 15 is 0 Å². The van der Waals surface area contributed by atoms with Crippen molar-refractivity contribution in [3.05, 3.63) is 70.8 Å². The van der Waals surface area contributed by atoms with Gasteiger partial charge in [-0.2, -0.15) is 0 Å². The molecule has 0 bridgehead atoms. The van der Waals surface area contributed by atoms with E-state index in [9.17, 15) is 18.7 Å². The number of hydrogen-bond donors (Lipinski definition) is 3. The summed E-state index contributed by atoms with van der Waals surface area (Å²) < 4.78 is 27.1. The first-order chi connectivity index (χ1) is 14.2. The Balaban J connectivity index is 1.69. The quantitative estimate of drug-likeness (QED) is 0.583. The molecule has 0 aromatic heterocycles. The Kier molecular flexibility index (Phi) is 6.88. The molecule has 1 saturated carbocycles. The van der Waals surface area contributed by atoms with E-state index < -0.39 is 23.8 Å². The van der Waals surface area contributed by atoms with Crippen LogP contribution in [0.1, 0.15) is 56.2 Å². The Morgan fingerprint density at radius 2 is 1.80 bits per heavy atom. The summed E-state index contributed by atoms with van der Waals surface area (Å²) in [5.74, 6) is -1.23. The molecule has 4 nitrogen and oxygen atoms in total. The first-order valence-electron chi connectivity index (χ1n) is 10.4. The summed E-state index contributed by atoms with van der Waals surface area (Å²) >= 11 is 0. The van der Waals surface area contributed by atoms with Crippen molar-refractivity contribution in [1.82, 2.24) is 10.6 Å². The molecule has 30 heavy (non-hydrogen) atoms. The van der Waals surface area contributed by atoms with Crippen molar-refractivity contribution in [3.8, 4) is 0 Å². The Labute approximate surface area is 176 Å². The van der Waals surface area contributed by atoms with Crippen LogP contribution in [0.4, 0.5) is 8.78 Å². The summed E-state index contributed by atoms with van der Waals surface area (Å²) in [6, 6.07) is 11.1. The molecule has 6 heteroatoms. The highest BCUT2D eigenvalue weighted by Gasteiger charge is 2.44. The van der Waals surface area contributed by atoms with Crippen LogP contribution in [0.2, 0.25) is 0 Å². The molecule has 3 rings (SSSR count). The van der Waals surface area contributed by atoms with Gasteiger partial charge in [-0.25, -0.2) is 8.78 Å². The normalized spacial score (nSPS) is 16.9. The van der Waals surface area contributed by atoms with Gasteiger partial charge in [0.1, 0.15) is 11.6 Å². The minimum Gasteiger partial charge on any atom is -0.390 e. The van der Waals surface area contributed by atoms with E-state index in [4.69, 9.17) is 0 Å². The average molecular weight is 417 g/mol. The average Bonchev–Trinajstić information content (AvgIpc) is 3.46. The number of nitrogens with one attached hydrogen (secondary N) is 2. The molecule has 0 saturated heterocycles. The Bertz CT molecular complexity index is 876. The Hall–Kier alpha value is -2.31. The topological polar surface area (TPSA) is 61.4 Å². The fraction of sp³-hybridized carbons (Fsp3) is 0.458. The van der Waals surface area contributed by atoms with Gasteiger partial charge in [-0.1, -0.05) is 38.1 Å². The fourth-order valence-electron chi connectivity index (χ4n) is 3.86. The second-order valence-corrected chi connectivity index (χ2v) is 8.60. The van der Waals surface area contributed by atoms with Crippen molar-refractivity contribution >= 4 is 5.91 Å². The molecule has 162 valence electrons. The summed E-state index contributed by atoms with van der Waals surface area (Å²) in [5.41, 5.74) is 2.68. The van der Waals surface area contributed by atoms with Crippen LogP contribution in [0, 0.1) is 11.6 Å². The number of halogens is 2. The highest BCUT2D eigenvalue weighted by Crippen LogP contribution is 2.46. The highest BCUT2D eigenvalue weighted by molar-refractivity contribution is 5.73. The van der Waals surface area contributed by atoms with Crippen LogP contribution in [-0.4, -0.2) is 29.7 Å². The fourth-order valence-corrected chi connectivity index (χ4v) is 3.86. The first-order valence-corrected chi connectivity index (χ1v) is 10.4. The number of benzene rings is 2. The van der Waals surface area contributed by atoms with Gasteiger partial charge in [0, 0.05) is 25.1 Å². The Morgan fingerprint density at radius 1 is 1.13 bits per heavy atom. The predicted octanol–water partition coefficient (Wildman–Crippen LogP) is 3.78. The van der Waals surface area contributed by atoms with E-state index in [1.54, 1.807) is 0 Å². The summed E-state index contributed by atoms with van der Waals surface area (Å²) in [7, 11) is 0. The largest absolute Gasteiger partial charge is 0.390 e. The molecule has 0 aliphatic heterocycles. The van der Waals surface area contributed by atoms with E-state index in [-0.39, 0.29) is 24.4 Å². The maximum absolute atomic E-state index is 13.5. The summed E-state index contributed by atoms with van der Waals surface area (Å²) in [5, 5.41) is 17.0. The smallest absolute Gasteiger partial charge is 0.217 e. The molecular formula is C24H30F2N2O2. The van der Waals surface area contributed by atoms with E-state index in [0.717, 1.165) is 18.9 Å². The van der Waals surface area contributed by atoms with Crippen molar-refractivity contribution in [2.45, 2.75) is 63.6 Å². The van der Waals surface area contributed by atoms with Crippen LogP contribution < -0.4 is 10.6 Å². The maximum atomic E-state index is 13.5. The molecule has 2 aromatic rings. The van der Waals surface area contributed by atoms with Crippen LogP contribution in [0.25, 0.3) is 0 Å². The van der Waals surface area contributed by atoms with Crippen LogP contribution in [0.5, 0.6) is 0 Å². The zero-order valence-corrected chi connectivity index (χ0v) is 17.7. The van der Waals surface area contributed by atoms with Crippen LogP contribution in [0.15, 0.2) is 42.5 Å². The molecule has 1 fully saturated rings. The molecule has 2 atom stereocenters.